The minimum atomic E-state index is -0.334. The van der Waals surface area contributed by atoms with Crippen molar-refractivity contribution in [2.75, 3.05) is 6.61 Å². The Labute approximate surface area is 171 Å². The van der Waals surface area contributed by atoms with Crippen LogP contribution in [0.4, 0.5) is 0 Å². The second-order valence-electron chi connectivity index (χ2n) is 7.97. The number of carbonyl (C=O) groups is 1. The van der Waals surface area contributed by atoms with E-state index in [1.54, 1.807) is 0 Å². The lowest BCUT2D eigenvalue weighted by molar-refractivity contribution is -0.137. The first-order valence-electron chi connectivity index (χ1n) is 9.78. The van der Waals surface area contributed by atoms with Gasteiger partial charge >= 0.3 is 5.97 Å². The van der Waals surface area contributed by atoms with Crippen molar-refractivity contribution < 1.29 is 14.3 Å². The topological polar surface area (TPSA) is 35.5 Å². The molecule has 4 rings (SSSR count). The van der Waals surface area contributed by atoms with Crippen LogP contribution in [-0.4, -0.2) is 12.6 Å². The monoisotopic (exact) mass is 384 g/mol. The SMILES string of the molecule is CC1(C)C=C(C(=O)OCc2ccccc2)c2cc(-c3ccccc3)ccc2OC1. The number of fused-ring (bicyclic) bond motifs is 1. The molecule has 0 atom stereocenters. The molecule has 0 unspecified atom stereocenters. The van der Waals surface area contributed by atoms with Crippen LogP contribution in [0, 0.1) is 5.41 Å². The Balaban J connectivity index is 1.69. The van der Waals surface area contributed by atoms with E-state index in [0.29, 0.717) is 17.9 Å². The molecule has 0 radical (unpaired) electrons. The normalized spacial score (nSPS) is 14.8. The highest BCUT2D eigenvalue weighted by atomic mass is 16.5. The number of benzene rings is 3. The summed E-state index contributed by atoms with van der Waals surface area (Å²) in [5, 5.41) is 0. The Bertz CT molecular complexity index is 1030. The largest absolute Gasteiger partial charge is 0.492 e. The maximum absolute atomic E-state index is 13.1. The molecule has 0 N–H and O–H groups in total. The van der Waals surface area contributed by atoms with Gasteiger partial charge in [-0.1, -0.05) is 86.7 Å². The molecular weight excluding hydrogens is 360 g/mol. The fourth-order valence-electron chi connectivity index (χ4n) is 3.42. The van der Waals surface area contributed by atoms with Crippen molar-refractivity contribution in [1.29, 1.82) is 0 Å². The van der Waals surface area contributed by atoms with E-state index < -0.39 is 0 Å². The van der Waals surface area contributed by atoms with Gasteiger partial charge in [-0.15, -0.1) is 0 Å². The third-order valence-electron chi connectivity index (χ3n) is 4.94. The molecule has 3 aromatic rings. The number of esters is 1. The van der Waals surface area contributed by atoms with E-state index in [-0.39, 0.29) is 18.0 Å². The zero-order valence-corrected chi connectivity index (χ0v) is 16.7. The van der Waals surface area contributed by atoms with Gasteiger partial charge in [-0.2, -0.15) is 0 Å². The van der Waals surface area contributed by atoms with E-state index in [4.69, 9.17) is 9.47 Å². The van der Waals surface area contributed by atoms with Gasteiger partial charge in [-0.05, 0) is 28.8 Å². The predicted molar refractivity (Wildman–Crippen MR) is 115 cm³/mol. The highest BCUT2D eigenvalue weighted by molar-refractivity contribution is 6.17. The third kappa shape index (κ3) is 4.40. The molecule has 0 saturated carbocycles. The van der Waals surface area contributed by atoms with E-state index in [0.717, 1.165) is 22.3 Å². The third-order valence-corrected chi connectivity index (χ3v) is 4.94. The Morgan fingerprint density at radius 2 is 1.62 bits per heavy atom. The van der Waals surface area contributed by atoms with E-state index in [9.17, 15) is 4.79 Å². The molecule has 146 valence electrons. The van der Waals surface area contributed by atoms with Gasteiger partial charge in [0.2, 0.25) is 0 Å². The summed E-state index contributed by atoms with van der Waals surface area (Å²) in [4.78, 5) is 13.1. The van der Waals surface area contributed by atoms with Crippen LogP contribution >= 0.6 is 0 Å². The second-order valence-corrected chi connectivity index (χ2v) is 7.97. The summed E-state index contributed by atoms with van der Waals surface area (Å²) in [7, 11) is 0. The molecule has 0 aliphatic carbocycles. The van der Waals surface area contributed by atoms with Gasteiger partial charge in [0.25, 0.3) is 0 Å². The molecule has 29 heavy (non-hydrogen) atoms. The first-order valence-corrected chi connectivity index (χ1v) is 9.78. The quantitative estimate of drug-likeness (QED) is 0.526. The Hall–Kier alpha value is -3.33. The minimum Gasteiger partial charge on any atom is -0.492 e. The summed E-state index contributed by atoms with van der Waals surface area (Å²) in [5.74, 6) is 0.372. The number of hydrogen-bond donors (Lipinski definition) is 0. The number of ether oxygens (including phenoxy) is 2. The van der Waals surface area contributed by atoms with Crippen molar-refractivity contribution in [2.24, 2.45) is 5.41 Å². The van der Waals surface area contributed by atoms with Crippen LogP contribution in [0.2, 0.25) is 0 Å². The van der Waals surface area contributed by atoms with Gasteiger partial charge in [-0.25, -0.2) is 4.79 Å². The lowest BCUT2D eigenvalue weighted by Crippen LogP contribution is -2.18. The van der Waals surface area contributed by atoms with Gasteiger partial charge in [0.1, 0.15) is 12.4 Å². The van der Waals surface area contributed by atoms with Crippen molar-refractivity contribution in [2.45, 2.75) is 20.5 Å². The number of carbonyl (C=O) groups excluding carboxylic acids is 1. The minimum absolute atomic E-state index is 0.242. The summed E-state index contributed by atoms with van der Waals surface area (Å²) < 4.78 is 11.7. The van der Waals surface area contributed by atoms with Gasteiger partial charge < -0.3 is 9.47 Å². The van der Waals surface area contributed by atoms with Gasteiger partial charge in [0, 0.05) is 11.0 Å². The van der Waals surface area contributed by atoms with Crippen LogP contribution in [-0.2, 0) is 16.1 Å². The molecule has 1 aliphatic rings. The van der Waals surface area contributed by atoms with E-state index in [1.165, 1.54) is 0 Å². The molecule has 3 aromatic carbocycles. The van der Waals surface area contributed by atoms with Gasteiger partial charge in [0.05, 0.1) is 12.2 Å². The number of rotatable bonds is 4. The molecule has 3 heteroatoms. The Kier molecular flexibility index (Phi) is 5.22. The van der Waals surface area contributed by atoms with Crippen molar-refractivity contribution in [1.82, 2.24) is 0 Å². The molecule has 0 bridgehead atoms. The molecule has 1 aliphatic heterocycles. The highest BCUT2D eigenvalue weighted by Gasteiger charge is 2.28. The Morgan fingerprint density at radius 1 is 0.931 bits per heavy atom. The molecule has 0 fully saturated rings. The molecule has 0 saturated heterocycles. The van der Waals surface area contributed by atoms with Crippen molar-refractivity contribution >= 4 is 11.5 Å². The smallest absolute Gasteiger partial charge is 0.338 e. The zero-order chi connectivity index (χ0) is 20.3. The second kappa shape index (κ2) is 7.96. The van der Waals surface area contributed by atoms with Crippen LogP contribution in [0.15, 0.2) is 84.9 Å². The molecule has 1 heterocycles. The summed E-state index contributed by atoms with van der Waals surface area (Å²) in [6, 6.07) is 25.8. The summed E-state index contributed by atoms with van der Waals surface area (Å²) in [6.45, 7) is 4.86. The van der Waals surface area contributed by atoms with Crippen LogP contribution in [0.1, 0.15) is 25.0 Å². The van der Waals surface area contributed by atoms with Crippen LogP contribution in [0.3, 0.4) is 0 Å². The fraction of sp³-hybridized carbons (Fsp3) is 0.192. The zero-order valence-electron chi connectivity index (χ0n) is 16.7. The van der Waals surface area contributed by atoms with Gasteiger partial charge in [0.15, 0.2) is 0 Å². The summed E-state index contributed by atoms with van der Waals surface area (Å²) in [5.41, 5.74) is 4.13. The highest BCUT2D eigenvalue weighted by Crippen LogP contribution is 2.38. The predicted octanol–water partition coefficient (Wildman–Crippen LogP) is 5.90. The molecule has 3 nitrogen and oxygen atoms in total. The first-order chi connectivity index (χ1) is 14.0. The van der Waals surface area contributed by atoms with Crippen LogP contribution < -0.4 is 4.74 Å². The van der Waals surface area contributed by atoms with E-state index in [1.807, 2.05) is 72.8 Å². The molecular formula is C26H24O3. The molecule has 0 aromatic heterocycles. The van der Waals surface area contributed by atoms with Crippen molar-refractivity contribution in [3.8, 4) is 16.9 Å². The maximum Gasteiger partial charge on any atom is 0.338 e. The average molecular weight is 384 g/mol. The molecule has 0 amide bonds. The van der Waals surface area contributed by atoms with E-state index in [2.05, 4.69) is 26.0 Å². The standard InChI is InChI=1S/C26H24O3/c1-26(2)16-23(25(27)28-17-19-9-5-3-6-10-19)22-15-21(13-14-24(22)29-18-26)20-11-7-4-8-12-20/h3-16H,17-18H2,1-2H3. The lowest BCUT2D eigenvalue weighted by Gasteiger charge is -2.18. The number of hydrogen-bond acceptors (Lipinski definition) is 3. The summed E-state index contributed by atoms with van der Waals surface area (Å²) >= 11 is 0. The Morgan fingerprint density at radius 3 is 2.34 bits per heavy atom. The maximum atomic E-state index is 13.1. The summed E-state index contributed by atoms with van der Waals surface area (Å²) in [6.07, 6.45) is 1.97. The van der Waals surface area contributed by atoms with Crippen LogP contribution in [0.5, 0.6) is 5.75 Å². The molecule has 0 spiro atoms. The van der Waals surface area contributed by atoms with Gasteiger partial charge in [-0.3, -0.25) is 0 Å². The first kappa shape index (κ1) is 19.0. The lowest BCUT2D eigenvalue weighted by atomic mass is 9.90. The van der Waals surface area contributed by atoms with Crippen LogP contribution in [0.25, 0.3) is 16.7 Å². The van der Waals surface area contributed by atoms with Crippen molar-refractivity contribution in [3.05, 3.63) is 96.1 Å². The fourth-order valence-corrected chi connectivity index (χ4v) is 3.42. The average Bonchev–Trinajstić information content (AvgIpc) is 2.89. The van der Waals surface area contributed by atoms with Crippen molar-refractivity contribution in [3.63, 3.8) is 0 Å². The van der Waals surface area contributed by atoms with E-state index >= 15 is 0 Å².